The summed E-state index contributed by atoms with van der Waals surface area (Å²) in [6, 6.07) is 0. The zero-order valence-corrected chi connectivity index (χ0v) is 8.58. The number of hydrogen-bond donors (Lipinski definition) is 1. The SMILES string of the molecule is CCCCCCC(O)CC(=O)OC. The van der Waals surface area contributed by atoms with Crippen molar-refractivity contribution in [1.29, 1.82) is 0 Å². The van der Waals surface area contributed by atoms with Gasteiger partial charge in [0.15, 0.2) is 0 Å². The summed E-state index contributed by atoms with van der Waals surface area (Å²) in [4.78, 5) is 10.7. The van der Waals surface area contributed by atoms with E-state index < -0.39 is 6.10 Å². The third-order valence-electron chi connectivity index (χ3n) is 2.02. The zero-order valence-electron chi connectivity index (χ0n) is 8.58. The van der Waals surface area contributed by atoms with Crippen LogP contribution in [0, 0.1) is 0 Å². The van der Waals surface area contributed by atoms with Crippen LogP contribution in [-0.4, -0.2) is 24.3 Å². The number of carbonyl (C=O) groups excluding carboxylic acids is 1. The first-order valence-electron chi connectivity index (χ1n) is 4.95. The molecule has 0 bridgehead atoms. The first kappa shape index (κ1) is 12.4. The molecule has 0 fully saturated rings. The van der Waals surface area contributed by atoms with Crippen molar-refractivity contribution in [3.05, 3.63) is 0 Å². The molecular formula is C10H20O3. The quantitative estimate of drug-likeness (QED) is 0.490. The molecule has 3 nitrogen and oxygen atoms in total. The van der Waals surface area contributed by atoms with E-state index >= 15 is 0 Å². The highest BCUT2D eigenvalue weighted by Crippen LogP contribution is 2.08. The standard InChI is InChI=1S/C10H20O3/c1-3-4-5-6-7-9(11)8-10(12)13-2/h9,11H,3-8H2,1-2H3. The van der Waals surface area contributed by atoms with Crippen LogP contribution >= 0.6 is 0 Å². The number of carbonyl (C=O) groups is 1. The Bertz CT molecular complexity index is 134. The lowest BCUT2D eigenvalue weighted by Gasteiger charge is -2.08. The Balaban J connectivity index is 3.29. The van der Waals surface area contributed by atoms with Gasteiger partial charge >= 0.3 is 5.97 Å². The topological polar surface area (TPSA) is 46.5 Å². The number of aliphatic hydroxyl groups is 1. The summed E-state index contributed by atoms with van der Waals surface area (Å²) < 4.78 is 4.45. The monoisotopic (exact) mass is 188 g/mol. The predicted molar refractivity (Wildman–Crippen MR) is 51.4 cm³/mol. The fourth-order valence-electron chi connectivity index (χ4n) is 1.18. The number of aliphatic hydroxyl groups excluding tert-OH is 1. The molecule has 1 unspecified atom stereocenters. The summed E-state index contributed by atoms with van der Waals surface area (Å²) in [5.74, 6) is -0.331. The second-order valence-electron chi connectivity index (χ2n) is 3.28. The van der Waals surface area contributed by atoms with Gasteiger partial charge in [-0.25, -0.2) is 0 Å². The highest BCUT2D eigenvalue weighted by molar-refractivity contribution is 5.69. The normalized spacial score (nSPS) is 12.5. The lowest BCUT2D eigenvalue weighted by Crippen LogP contribution is -2.14. The van der Waals surface area contributed by atoms with Gasteiger partial charge in [0.25, 0.3) is 0 Å². The van der Waals surface area contributed by atoms with Crippen molar-refractivity contribution in [3.63, 3.8) is 0 Å². The van der Waals surface area contributed by atoms with Crippen LogP contribution in [-0.2, 0) is 9.53 Å². The summed E-state index contributed by atoms with van der Waals surface area (Å²) in [7, 11) is 1.34. The van der Waals surface area contributed by atoms with E-state index in [1.54, 1.807) is 0 Å². The second-order valence-corrected chi connectivity index (χ2v) is 3.28. The maximum absolute atomic E-state index is 10.7. The van der Waals surface area contributed by atoms with Gasteiger partial charge in [0, 0.05) is 0 Å². The minimum Gasteiger partial charge on any atom is -0.469 e. The predicted octanol–water partition coefficient (Wildman–Crippen LogP) is 1.88. The van der Waals surface area contributed by atoms with Crippen LogP contribution in [0.5, 0.6) is 0 Å². The molecule has 78 valence electrons. The Labute approximate surface area is 80.1 Å². The Morgan fingerprint density at radius 2 is 2.08 bits per heavy atom. The Morgan fingerprint density at radius 1 is 1.38 bits per heavy atom. The minimum atomic E-state index is -0.524. The van der Waals surface area contributed by atoms with E-state index in [1.807, 2.05) is 0 Å². The number of ether oxygens (including phenoxy) is 1. The third kappa shape index (κ3) is 7.78. The number of esters is 1. The molecule has 13 heavy (non-hydrogen) atoms. The minimum absolute atomic E-state index is 0.128. The summed E-state index contributed by atoms with van der Waals surface area (Å²) in [6.45, 7) is 2.14. The summed E-state index contributed by atoms with van der Waals surface area (Å²) in [6.07, 6.45) is 4.82. The van der Waals surface area contributed by atoms with Gasteiger partial charge in [-0.3, -0.25) is 4.79 Å². The van der Waals surface area contributed by atoms with Gasteiger partial charge < -0.3 is 9.84 Å². The zero-order chi connectivity index (χ0) is 10.1. The maximum Gasteiger partial charge on any atom is 0.308 e. The molecule has 1 atom stereocenters. The maximum atomic E-state index is 10.7. The molecule has 0 spiro atoms. The number of methoxy groups -OCH3 is 1. The average Bonchev–Trinajstić information content (AvgIpc) is 2.12. The number of unbranched alkanes of at least 4 members (excludes halogenated alkanes) is 3. The van der Waals surface area contributed by atoms with Crippen LogP contribution in [0.1, 0.15) is 45.4 Å². The van der Waals surface area contributed by atoms with E-state index in [4.69, 9.17) is 0 Å². The van der Waals surface area contributed by atoms with E-state index in [2.05, 4.69) is 11.7 Å². The van der Waals surface area contributed by atoms with Gasteiger partial charge in [0.1, 0.15) is 0 Å². The molecule has 0 radical (unpaired) electrons. The van der Waals surface area contributed by atoms with E-state index in [1.165, 1.54) is 20.0 Å². The molecular weight excluding hydrogens is 168 g/mol. The van der Waals surface area contributed by atoms with Crippen molar-refractivity contribution in [2.75, 3.05) is 7.11 Å². The highest BCUT2D eigenvalue weighted by atomic mass is 16.5. The fourth-order valence-corrected chi connectivity index (χ4v) is 1.18. The van der Waals surface area contributed by atoms with Gasteiger partial charge in [-0.05, 0) is 6.42 Å². The summed E-state index contributed by atoms with van der Waals surface area (Å²) in [5.41, 5.74) is 0. The van der Waals surface area contributed by atoms with Gasteiger partial charge in [-0.1, -0.05) is 32.6 Å². The van der Waals surface area contributed by atoms with Crippen LogP contribution < -0.4 is 0 Å². The fraction of sp³-hybridized carbons (Fsp3) is 0.900. The van der Waals surface area contributed by atoms with Crippen molar-refractivity contribution in [2.45, 2.75) is 51.6 Å². The van der Waals surface area contributed by atoms with Crippen LogP contribution in [0.25, 0.3) is 0 Å². The molecule has 0 rings (SSSR count). The van der Waals surface area contributed by atoms with Crippen molar-refractivity contribution < 1.29 is 14.6 Å². The van der Waals surface area contributed by atoms with Crippen LogP contribution in [0.15, 0.2) is 0 Å². The molecule has 0 aromatic rings. The Kier molecular flexibility index (Phi) is 7.69. The highest BCUT2D eigenvalue weighted by Gasteiger charge is 2.09. The van der Waals surface area contributed by atoms with E-state index in [9.17, 15) is 9.90 Å². The van der Waals surface area contributed by atoms with Crippen molar-refractivity contribution in [3.8, 4) is 0 Å². The number of rotatable bonds is 7. The van der Waals surface area contributed by atoms with Crippen molar-refractivity contribution >= 4 is 5.97 Å². The van der Waals surface area contributed by atoms with E-state index in [-0.39, 0.29) is 12.4 Å². The lowest BCUT2D eigenvalue weighted by molar-refractivity contribution is -0.142. The molecule has 1 N–H and O–H groups in total. The molecule has 0 aromatic carbocycles. The van der Waals surface area contributed by atoms with Crippen LogP contribution in [0.4, 0.5) is 0 Å². The number of hydrogen-bond acceptors (Lipinski definition) is 3. The summed E-state index contributed by atoms with van der Waals surface area (Å²) in [5, 5.41) is 9.35. The Hall–Kier alpha value is -0.570. The molecule has 0 aliphatic carbocycles. The van der Waals surface area contributed by atoms with Crippen molar-refractivity contribution in [2.24, 2.45) is 0 Å². The van der Waals surface area contributed by atoms with Crippen molar-refractivity contribution in [1.82, 2.24) is 0 Å². The molecule has 0 aliphatic heterocycles. The third-order valence-corrected chi connectivity index (χ3v) is 2.02. The first-order valence-corrected chi connectivity index (χ1v) is 4.95. The Morgan fingerprint density at radius 3 is 2.62 bits per heavy atom. The van der Waals surface area contributed by atoms with Gasteiger partial charge in [0.2, 0.25) is 0 Å². The first-order chi connectivity index (χ1) is 6.20. The molecule has 0 saturated heterocycles. The summed E-state index contributed by atoms with van der Waals surface area (Å²) >= 11 is 0. The second kappa shape index (κ2) is 8.05. The van der Waals surface area contributed by atoms with Gasteiger partial charge in [-0.15, -0.1) is 0 Å². The van der Waals surface area contributed by atoms with Crippen LogP contribution in [0.2, 0.25) is 0 Å². The van der Waals surface area contributed by atoms with Crippen LogP contribution in [0.3, 0.4) is 0 Å². The molecule has 0 aromatic heterocycles. The molecule has 3 heteroatoms. The van der Waals surface area contributed by atoms with Gasteiger partial charge in [0.05, 0.1) is 19.6 Å². The molecule has 0 heterocycles. The molecule has 0 amide bonds. The molecule has 0 aliphatic rings. The van der Waals surface area contributed by atoms with E-state index in [0.29, 0.717) is 6.42 Å². The lowest BCUT2D eigenvalue weighted by atomic mass is 10.1. The largest absolute Gasteiger partial charge is 0.469 e. The van der Waals surface area contributed by atoms with Gasteiger partial charge in [-0.2, -0.15) is 0 Å². The van der Waals surface area contributed by atoms with E-state index in [0.717, 1.165) is 12.8 Å². The smallest absolute Gasteiger partial charge is 0.308 e. The average molecular weight is 188 g/mol. The molecule has 0 saturated carbocycles.